The van der Waals surface area contributed by atoms with Gasteiger partial charge in [-0.05, 0) is 24.7 Å². The minimum Gasteiger partial charge on any atom is -0.409 e. The molecule has 0 bridgehead atoms. The highest BCUT2D eigenvalue weighted by Crippen LogP contribution is 2.32. The molecule has 3 N–H and O–H groups in total. The van der Waals surface area contributed by atoms with Gasteiger partial charge in [0.05, 0.1) is 0 Å². The largest absolute Gasteiger partial charge is 0.409 e. The third-order valence-electron chi connectivity index (χ3n) is 3.29. The topological polar surface area (TPSA) is 58.6 Å². The Hall–Kier alpha value is -0.730. The predicted octanol–water partition coefficient (Wildman–Crippen LogP) is 2.73. The van der Waals surface area contributed by atoms with Crippen LogP contribution >= 0.6 is 0 Å². The number of hydrogen-bond donors (Lipinski definition) is 2. The number of oxime groups is 1. The quantitative estimate of drug-likeness (QED) is 0.316. The predicted molar refractivity (Wildman–Crippen MR) is 58.4 cm³/mol. The Morgan fingerprint density at radius 3 is 2.36 bits per heavy atom. The zero-order chi connectivity index (χ0) is 10.4. The fourth-order valence-corrected chi connectivity index (χ4v) is 2.47. The number of nitrogens with zero attached hydrogens (tertiary/aromatic N) is 1. The van der Waals surface area contributed by atoms with E-state index < -0.39 is 0 Å². The van der Waals surface area contributed by atoms with Crippen LogP contribution in [0.25, 0.3) is 0 Å². The second-order valence-corrected chi connectivity index (χ2v) is 4.47. The van der Waals surface area contributed by atoms with Crippen LogP contribution < -0.4 is 5.73 Å². The first-order valence-electron chi connectivity index (χ1n) is 5.72. The molecule has 0 spiro atoms. The van der Waals surface area contributed by atoms with Crippen LogP contribution in [0.5, 0.6) is 0 Å². The summed E-state index contributed by atoms with van der Waals surface area (Å²) in [6.07, 6.45) is 8.61. The van der Waals surface area contributed by atoms with E-state index in [0.29, 0.717) is 11.8 Å². The standard InChI is InChI=1S/C11H22N2O/c1-2-3-9-4-6-10(7-5-9)8-11(12)13-14/h9-10,14H,2-8H2,1H3,(H2,12,13). The third-order valence-corrected chi connectivity index (χ3v) is 3.29. The normalized spacial score (nSPS) is 29.1. The van der Waals surface area contributed by atoms with Gasteiger partial charge in [0.2, 0.25) is 0 Å². The molecular weight excluding hydrogens is 176 g/mol. The van der Waals surface area contributed by atoms with Crippen molar-refractivity contribution in [3.05, 3.63) is 0 Å². The second-order valence-electron chi connectivity index (χ2n) is 4.47. The average Bonchev–Trinajstić information content (AvgIpc) is 2.21. The fourth-order valence-electron chi connectivity index (χ4n) is 2.47. The lowest BCUT2D eigenvalue weighted by molar-refractivity contribution is 0.263. The highest BCUT2D eigenvalue weighted by atomic mass is 16.4. The molecule has 0 heterocycles. The number of nitrogens with two attached hydrogens (primary N) is 1. The number of hydrogen-bond acceptors (Lipinski definition) is 2. The van der Waals surface area contributed by atoms with Crippen LogP contribution in [0.4, 0.5) is 0 Å². The molecule has 1 aliphatic rings. The Labute approximate surface area is 86.4 Å². The lowest BCUT2D eigenvalue weighted by Gasteiger charge is -2.27. The van der Waals surface area contributed by atoms with E-state index in [1.165, 1.54) is 38.5 Å². The molecule has 1 fully saturated rings. The Kier molecular flexibility index (Phi) is 4.77. The van der Waals surface area contributed by atoms with Gasteiger partial charge >= 0.3 is 0 Å². The van der Waals surface area contributed by atoms with Gasteiger partial charge in [0.1, 0.15) is 5.84 Å². The van der Waals surface area contributed by atoms with Crippen molar-refractivity contribution >= 4 is 5.84 Å². The van der Waals surface area contributed by atoms with Crippen molar-refractivity contribution in [3.63, 3.8) is 0 Å². The molecular formula is C11H22N2O. The van der Waals surface area contributed by atoms with Gasteiger partial charge in [-0.15, -0.1) is 0 Å². The highest BCUT2D eigenvalue weighted by Gasteiger charge is 2.21. The summed E-state index contributed by atoms with van der Waals surface area (Å²) in [6, 6.07) is 0. The van der Waals surface area contributed by atoms with E-state index in [4.69, 9.17) is 10.9 Å². The first-order chi connectivity index (χ1) is 6.76. The zero-order valence-corrected chi connectivity index (χ0v) is 9.08. The van der Waals surface area contributed by atoms with E-state index in [0.717, 1.165) is 12.3 Å². The molecule has 1 rings (SSSR count). The van der Waals surface area contributed by atoms with Crippen LogP contribution in [0.2, 0.25) is 0 Å². The van der Waals surface area contributed by atoms with E-state index in [9.17, 15) is 0 Å². The SMILES string of the molecule is CCCC1CCC(CC(N)=NO)CC1. The lowest BCUT2D eigenvalue weighted by Crippen LogP contribution is -2.21. The van der Waals surface area contributed by atoms with E-state index in [2.05, 4.69) is 12.1 Å². The molecule has 14 heavy (non-hydrogen) atoms. The zero-order valence-electron chi connectivity index (χ0n) is 9.08. The average molecular weight is 198 g/mol. The number of amidine groups is 1. The summed E-state index contributed by atoms with van der Waals surface area (Å²) in [5.74, 6) is 1.98. The molecule has 0 aromatic heterocycles. The third kappa shape index (κ3) is 3.56. The van der Waals surface area contributed by atoms with Crippen molar-refractivity contribution in [1.82, 2.24) is 0 Å². The van der Waals surface area contributed by atoms with Crippen LogP contribution in [0.3, 0.4) is 0 Å². The van der Waals surface area contributed by atoms with Crippen molar-refractivity contribution in [2.75, 3.05) is 0 Å². The summed E-state index contributed by atoms with van der Waals surface area (Å²) in [6.45, 7) is 2.25. The fraction of sp³-hybridized carbons (Fsp3) is 0.909. The van der Waals surface area contributed by atoms with Gasteiger partial charge in [-0.2, -0.15) is 0 Å². The van der Waals surface area contributed by atoms with Crippen molar-refractivity contribution in [2.24, 2.45) is 22.7 Å². The van der Waals surface area contributed by atoms with E-state index in [-0.39, 0.29) is 0 Å². The van der Waals surface area contributed by atoms with Crippen molar-refractivity contribution < 1.29 is 5.21 Å². The molecule has 3 nitrogen and oxygen atoms in total. The van der Waals surface area contributed by atoms with E-state index in [1.807, 2.05) is 0 Å². The first-order valence-corrected chi connectivity index (χ1v) is 5.72. The van der Waals surface area contributed by atoms with Gasteiger partial charge in [0.15, 0.2) is 0 Å². The summed E-state index contributed by atoms with van der Waals surface area (Å²) in [5, 5.41) is 11.5. The van der Waals surface area contributed by atoms with Crippen molar-refractivity contribution in [3.8, 4) is 0 Å². The molecule has 0 unspecified atom stereocenters. The summed E-state index contributed by atoms with van der Waals surface area (Å²) in [7, 11) is 0. The maximum Gasteiger partial charge on any atom is 0.139 e. The highest BCUT2D eigenvalue weighted by molar-refractivity contribution is 5.79. The molecule has 0 aromatic rings. The van der Waals surface area contributed by atoms with Gasteiger partial charge in [0.25, 0.3) is 0 Å². The molecule has 0 atom stereocenters. The van der Waals surface area contributed by atoms with Crippen LogP contribution in [0, 0.1) is 11.8 Å². The van der Waals surface area contributed by atoms with Crippen LogP contribution in [0.1, 0.15) is 51.9 Å². The summed E-state index contributed by atoms with van der Waals surface area (Å²) < 4.78 is 0. The monoisotopic (exact) mass is 198 g/mol. The van der Waals surface area contributed by atoms with Crippen LogP contribution in [-0.2, 0) is 0 Å². The molecule has 0 aliphatic heterocycles. The maximum atomic E-state index is 8.46. The summed E-state index contributed by atoms with van der Waals surface area (Å²) >= 11 is 0. The van der Waals surface area contributed by atoms with Gasteiger partial charge in [-0.1, -0.05) is 37.8 Å². The first kappa shape index (κ1) is 11.3. The smallest absolute Gasteiger partial charge is 0.139 e. The minimum atomic E-state index is 0.393. The Morgan fingerprint density at radius 1 is 1.29 bits per heavy atom. The summed E-state index contributed by atoms with van der Waals surface area (Å²) in [5.41, 5.74) is 5.50. The van der Waals surface area contributed by atoms with Gasteiger partial charge < -0.3 is 10.9 Å². The van der Waals surface area contributed by atoms with Crippen LogP contribution in [-0.4, -0.2) is 11.0 Å². The van der Waals surface area contributed by atoms with Crippen LogP contribution in [0.15, 0.2) is 5.16 Å². The van der Waals surface area contributed by atoms with E-state index >= 15 is 0 Å². The van der Waals surface area contributed by atoms with Crippen molar-refractivity contribution in [2.45, 2.75) is 51.9 Å². The second kappa shape index (κ2) is 5.89. The molecule has 82 valence electrons. The molecule has 0 saturated heterocycles. The number of rotatable bonds is 4. The molecule has 0 aromatic carbocycles. The Morgan fingerprint density at radius 2 is 1.86 bits per heavy atom. The molecule has 0 radical (unpaired) electrons. The minimum absolute atomic E-state index is 0.393. The molecule has 1 aliphatic carbocycles. The molecule has 0 amide bonds. The molecule has 1 saturated carbocycles. The Balaban J connectivity index is 2.22. The maximum absolute atomic E-state index is 8.46. The summed E-state index contributed by atoms with van der Waals surface area (Å²) in [4.78, 5) is 0. The Bertz CT molecular complexity index is 184. The van der Waals surface area contributed by atoms with E-state index in [1.54, 1.807) is 0 Å². The van der Waals surface area contributed by atoms with Gasteiger partial charge in [-0.25, -0.2) is 0 Å². The van der Waals surface area contributed by atoms with Gasteiger partial charge in [-0.3, -0.25) is 0 Å². The van der Waals surface area contributed by atoms with Crippen molar-refractivity contribution in [1.29, 1.82) is 0 Å². The lowest BCUT2D eigenvalue weighted by atomic mass is 9.79. The van der Waals surface area contributed by atoms with Gasteiger partial charge in [0, 0.05) is 6.42 Å². The molecule has 3 heteroatoms.